The van der Waals surface area contributed by atoms with E-state index in [0.717, 1.165) is 17.7 Å². The summed E-state index contributed by atoms with van der Waals surface area (Å²) in [6, 6.07) is 12.0. The second-order valence-corrected chi connectivity index (χ2v) is 3.75. The fourth-order valence-electron chi connectivity index (χ4n) is 1.56. The van der Waals surface area contributed by atoms with E-state index >= 15 is 0 Å². The van der Waals surface area contributed by atoms with Crippen molar-refractivity contribution in [1.29, 1.82) is 0 Å². The molecule has 0 radical (unpaired) electrons. The van der Waals surface area contributed by atoms with Gasteiger partial charge in [0.15, 0.2) is 0 Å². The molecule has 0 atom stereocenters. The van der Waals surface area contributed by atoms with E-state index in [-0.39, 0.29) is 0 Å². The number of ether oxygens (including phenoxy) is 1. The third-order valence-electron chi connectivity index (χ3n) is 2.49. The topological polar surface area (TPSA) is 48.1 Å². The molecule has 0 aliphatic heterocycles. The number of nitrogens with zero attached hydrogens (tertiary/aromatic N) is 1. The van der Waals surface area contributed by atoms with Crippen molar-refractivity contribution in [3.63, 3.8) is 0 Å². The van der Waals surface area contributed by atoms with Crippen LogP contribution >= 0.6 is 0 Å². The van der Waals surface area contributed by atoms with E-state index in [2.05, 4.69) is 4.98 Å². The van der Waals surface area contributed by atoms with Crippen LogP contribution in [0.15, 0.2) is 48.8 Å². The van der Waals surface area contributed by atoms with Gasteiger partial charge in [-0.2, -0.15) is 0 Å². The molecule has 0 fully saturated rings. The standard InChI is InChI=1S/C14H16N2O/c15-8-1-11-17-14-4-2-12(3-5-14)13-6-9-16-10-7-13/h2-7,9-10H,1,8,11,15H2. The Labute approximate surface area is 101 Å². The van der Waals surface area contributed by atoms with Crippen LogP contribution in [-0.4, -0.2) is 18.1 Å². The number of hydrogen-bond donors (Lipinski definition) is 1. The average molecular weight is 228 g/mol. The molecule has 0 bridgehead atoms. The fourth-order valence-corrected chi connectivity index (χ4v) is 1.56. The Morgan fingerprint density at radius 3 is 2.24 bits per heavy atom. The lowest BCUT2D eigenvalue weighted by molar-refractivity contribution is 0.313. The quantitative estimate of drug-likeness (QED) is 0.800. The Balaban J connectivity index is 2.03. The summed E-state index contributed by atoms with van der Waals surface area (Å²) in [7, 11) is 0. The summed E-state index contributed by atoms with van der Waals surface area (Å²) >= 11 is 0. The highest BCUT2D eigenvalue weighted by Gasteiger charge is 1.97. The lowest BCUT2D eigenvalue weighted by Gasteiger charge is -2.06. The molecule has 0 aliphatic rings. The van der Waals surface area contributed by atoms with Crippen molar-refractivity contribution in [3.05, 3.63) is 48.8 Å². The smallest absolute Gasteiger partial charge is 0.119 e. The number of aromatic nitrogens is 1. The van der Waals surface area contributed by atoms with Crippen LogP contribution in [0.25, 0.3) is 11.1 Å². The van der Waals surface area contributed by atoms with Crippen LogP contribution in [0.1, 0.15) is 6.42 Å². The molecule has 0 spiro atoms. The molecule has 3 nitrogen and oxygen atoms in total. The van der Waals surface area contributed by atoms with Crippen LogP contribution < -0.4 is 10.5 Å². The van der Waals surface area contributed by atoms with Gasteiger partial charge < -0.3 is 10.5 Å². The molecule has 1 heterocycles. The first-order valence-corrected chi connectivity index (χ1v) is 5.73. The Bertz CT molecular complexity index is 440. The molecule has 0 unspecified atom stereocenters. The number of hydrogen-bond acceptors (Lipinski definition) is 3. The van der Waals surface area contributed by atoms with Crippen molar-refractivity contribution in [3.8, 4) is 16.9 Å². The first-order chi connectivity index (χ1) is 8.40. The van der Waals surface area contributed by atoms with Crippen molar-refractivity contribution in [1.82, 2.24) is 4.98 Å². The molecule has 2 N–H and O–H groups in total. The molecule has 1 aromatic carbocycles. The van der Waals surface area contributed by atoms with E-state index in [9.17, 15) is 0 Å². The molecule has 3 heteroatoms. The highest BCUT2D eigenvalue weighted by atomic mass is 16.5. The molecular formula is C14H16N2O. The van der Waals surface area contributed by atoms with Gasteiger partial charge in [-0.15, -0.1) is 0 Å². The van der Waals surface area contributed by atoms with Gasteiger partial charge in [-0.25, -0.2) is 0 Å². The summed E-state index contributed by atoms with van der Waals surface area (Å²) in [5.41, 5.74) is 7.73. The minimum absolute atomic E-state index is 0.662. The normalized spacial score (nSPS) is 10.2. The Morgan fingerprint density at radius 2 is 1.59 bits per heavy atom. The average Bonchev–Trinajstić information content (AvgIpc) is 2.41. The monoisotopic (exact) mass is 228 g/mol. The molecule has 17 heavy (non-hydrogen) atoms. The zero-order valence-electron chi connectivity index (χ0n) is 9.67. The van der Waals surface area contributed by atoms with Gasteiger partial charge in [0.2, 0.25) is 0 Å². The second kappa shape index (κ2) is 6.01. The molecule has 88 valence electrons. The Morgan fingerprint density at radius 1 is 0.941 bits per heavy atom. The number of pyridine rings is 1. The Hall–Kier alpha value is -1.87. The van der Waals surface area contributed by atoms with E-state index in [1.54, 1.807) is 12.4 Å². The maximum atomic E-state index is 5.54. The molecule has 2 rings (SSSR count). The van der Waals surface area contributed by atoms with E-state index < -0.39 is 0 Å². The van der Waals surface area contributed by atoms with E-state index in [4.69, 9.17) is 10.5 Å². The third kappa shape index (κ3) is 3.29. The molecular weight excluding hydrogens is 212 g/mol. The SMILES string of the molecule is NCCCOc1ccc(-c2ccncc2)cc1. The summed E-state index contributed by atoms with van der Waals surface area (Å²) in [6.07, 6.45) is 4.47. The van der Waals surface area contributed by atoms with Crippen LogP contribution in [-0.2, 0) is 0 Å². The lowest BCUT2D eigenvalue weighted by atomic mass is 10.1. The van der Waals surface area contributed by atoms with Gasteiger partial charge >= 0.3 is 0 Å². The molecule has 0 saturated heterocycles. The number of benzene rings is 1. The van der Waals surface area contributed by atoms with Crippen molar-refractivity contribution < 1.29 is 4.74 Å². The van der Waals surface area contributed by atoms with Crippen LogP contribution in [0.2, 0.25) is 0 Å². The van der Waals surface area contributed by atoms with Gasteiger partial charge in [0.25, 0.3) is 0 Å². The summed E-state index contributed by atoms with van der Waals surface area (Å²) < 4.78 is 5.54. The van der Waals surface area contributed by atoms with Gasteiger partial charge in [0.1, 0.15) is 5.75 Å². The highest BCUT2D eigenvalue weighted by molar-refractivity contribution is 5.63. The van der Waals surface area contributed by atoms with E-state index in [1.165, 1.54) is 5.56 Å². The largest absolute Gasteiger partial charge is 0.494 e. The van der Waals surface area contributed by atoms with Gasteiger partial charge in [0.05, 0.1) is 6.61 Å². The van der Waals surface area contributed by atoms with Gasteiger partial charge in [-0.05, 0) is 48.4 Å². The van der Waals surface area contributed by atoms with Crippen LogP contribution in [0.4, 0.5) is 0 Å². The first-order valence-electron chi connectivity index (χ1n) is 5.73. The highest BCUT2D eigenvalue weighted by Crippen LogP contribution is 2.21. The number of rotatable bonds is 5. The van der Waals surface area contributed by atoms with E-state index in [1.807, 2.05) is 36.4 Å². The molecule has 0 aliphatic carbocycles. The van der Waals surface area contributed by atoms with Crippen LogP contribution in [0.5, 0.6) is 5.75 Å². The summed E-state index contributed by atoms with van der Waals surface area (Å²) in [6.45, 7) is 1.33. The molecule has 0 saturated carbocycles. The molecule has 2 aromatic rings. The fraction of sp³-hybridized carbons (Fsp3) is 0.214. The molecule has 0 amide bonds. The first kappa shape index (κ1) is 11.6. The van der Waals surface area contributed by atoms with E-state index in [0.29, 0.717) is 13.2 Å². The predicted octanol–water partition coefficient (Wildman–Crippen LogP) is 2.48. The lowest BCUT2D eigenvalue weighted by Crippen LogP contribution is -2.05. The van der Waals surface area contributed by atoms with Crippen molar-refractivity contribution in [2.45, 2.75) is 6.42 Å². The zero-order chi connectivity index (χ0) is 11.9. The second-order valence-electron chi connectivity index (χ2n) is 3.75. The minimum Gasteiger partial charge on any atom is -0.494 e. The van der Waals surface area contributed by atoms with Crippen LogP contribution in [0, 0.1) is 0 Å². The Kier molecular flexibility index (Phi) is 4.11. The minimum atomic E-state index is 0.662. The number of nitrogens with two attached hydrogens (primary N) is 1. The summed E-state index contributed by atoms with van der Waals surface area (Å²) in [4.78, 5) is 4.00. The van der Waals surface area contributed by atoms with Crippen molar-refractivity contribution >= 4 is 0 Å². The van der Waals surface area contributed by atoms with Gasteiger partial charge in [0, 0.05) is 12.4 Å². The van der Waals surface area contributed by atoms with Crippen molar-refractivity contribution in [2.75, 3.05) is 13.2 Å². The van der Waals surface area contributed by atoms with Crippen molar-refractivity contribution in [2.24, 2.45) is 5.73 Å². The zero-order valence-corrected chi connectivity index (χ0v) is 9.67. The van der Waals surface area contributed by atoms with Crippen LogP contribution in [0.3, 0.4) is 0 Å². The maximum absolute atomic E-state index is 5.54. The summed E-state index contributed by atoms with van der Waals surface area (Å²) in [5.74, 6) is 0.885. The predicted molar refractivity (Wildman–Crippen MR) is 68.8 cm³/mol. The maximum Gasteiger partial charge on any atom is 0.119 e. The van der Waals surface area contributed by atoms with Gasteiger partial charge in [-0.3, -0.25) is 4.98 Å². The molecule has 1 aromatic heterocycles. The summed E-state index contributed by atoms with van der Waals surface area (Å²) in [5, 5.41) is 0. The third-order valence-corrected chi connectivity index (χ3v) is 2.49. The van der Waals surface area contributed by atoms with Gasteiger partial charge in [-0.1, -0.05) is 12.1 Å².